The van der Waals surface area contributed by atoms with E-state index in [1.807, 2.05) is 5.38 Å². The zero-order valence-electron chi connectivity index (χ0n) is 11.0. The van der Waals surface area contributed by atoms with Gasteiger partial charge < -0.3 is 5.32 Å². The monoisotopic (exact) mass is 339 g/mol. The first-order valence-corrected chi connectivity index (χ1v) is 7.31. The number of nitro groups is 1. The molecule has 0 spiro atoms. The van der Waals surface area contributed by atoms with Crippen molar-refractivity contribution in [2.75, 3.05) is 26.2 Å². The van der Waals surface area contributed by atoms with Crippen LogP contribution < -0.4 is 5.32 Å². The normalized spacial score (nSPS) is 20.6. The number of hydrogen-bond acceptors (Lipinski definition) is 5. The summed E-state index contributed by atoms with van der Waals surface area (Å²) >= 11 is 1.25. The highest BCUT2D eigenvalue weighted by molar-refractivity contribution is 7.13. The molecule has 1 aromatic rings. The second-order valence-electron chi connectivity index (χ2n) is 5.04. The van der Waals surface area contributed by atoms with Crippen LogP contribution in [0.3, 0.4) is 0 Å². The number of nitrogens with one attached hydrogen (secondary N) is 1. The first kappa shape index (κ1) is 17.7. The zero-order chi connectivity index (χ0) is 12.5. The predicted molar refractivity (Wildman–Crippen MR) is 85.4 cm³/mol. The number of nitrogens with zero attached hydrogens (tertiary/aromatic N) is 2. The Labute approximate surface area is 134 Å². The molecule has 0 unspecified atom stereocenters. The van der Waals surface area contributed by atoms with E-state index in [4.69, 9.17) is 0 Å². The van der Waals surface area contributed by atoms with E-state index in [0.29, 0.717) is 12.0 Å². The summed E-state index contributed by atoms with van der Waals surface area (Å²) < 4.78 is 0. The van der Waals surface area contributed by atoms with Crippen LogP contribution >= 0.6 is 36.2 Å². The van der Waals surface area contributed by atoms with Crippen LogP contribution in [0, 0.1) is 16.0 Å². The van der Waals surface area contributed by atoms with Gasteiger partial charge in [0, 0.05) is 43.7 Å². The highest BCUT2D eigenvalue weighted by Gasteiger charge is 2.37. The van der Waals surface area contributed by atoms with Crippen molar-refractivity contribution in [3.05, 3.63) is 27.1 Å². The van der Waals surface area contributed by atoms with Crippen LogP contribution in [0.15, 0.2) is 11.4 Å². The lowest BCUT2D eigenvalue weighted by molar-refractivity contribution is -0.380. The van der Waals surface area contributed by atoms with Crippen LogP contribution in [0.5, 0.6) is 0 Å². The molecule has 5 nitrogen and oxygen atoms in total. The summed E-state index contributed by atoms with van der Waals surface area (Å²) in [6, 6.07) is 2.17. The molecule has 1 saturated carbocycles. The highest BCUT2D eigenvalue weighted by atomic mass is 35.5. The van der Waals surface area contributed by atoms with Crippen molar-refractivity contribution >= 4 is 41.2 Å². The molecule has 1 saturated heterocycles. The molecule has 1 aliphatic heterocycles. The van der Waals surface area contributed by atoms with E-state index >= 15 is 0 Å². The summed E-state index contributed by atoms with van der Waals surface area (Å²) in [5.41, 5.74) is 1.15. The van der Waals surface area contributed by atoms with Gasteiger partial charge in [0.2, 0.25) is 0 Å². The summed E-state index contributed by atoms with van der Waals surface area (Å²) in [5.74, 6) is 0.706. The maximum absolute atomic E-state index is 10.8. The third-order valence-corrected chi connectivity index (χ3v) is 4.64. The lowest BCUT2D eigenvalue weighted by Gasteiger charge is -2.34. The summed E-state index contributed by atoms with van der Waals surface area (Å²) in [6.45, 7) is 4.14. The van der Waals surface area contributed by atoms with E-state index in [0.717, 1.165) is 31.7 Å². The van der Waals surface area contributed by atoms with E-state index < -0.39 is 0 Å². The summed E-state index contributed by atoms with van der Waals surface area (Å²) in [6.07, 6.45) is 2.52. The van der Waals surface area contributed by atoms with Gasteiger partial charge in [0.05, 0.1) is 4.92 Å². The third kappa shape index (κ3) is 3.83. The van der Waals surface area contributed by atoms with Crippen LogP contribution in [0.4, 0.5) is 5.00 Å². The molecule has 2 fully saturated rings. The fraction of sp³-hybridized carbons (Fsp3) is 0.667. The van der Waals surface area contributed by atoms with Crippen molar-refractivity contribution in [3.63, 3.8) is 0 Å². The average Bonchev–Trinajstić information content (AvgIpc) is 3.07. The topological polar surface area (TPSA) is 58.4 Å². The number of halogens is 2. The zero-order valence-corrected chi connectivity index (χ0v) is 13.4. The molecule has 8 heteroatoms. The molecular formula is C12H19Cl2N3O2S. The number of piperazine rings is 1. The number of rotatable bonds is 4. The van der Waals surface area contributed by atoms with Gasteiger partial charge in [0.15, 0.2) is 0 Å². The number of thiophene rings is 1. The molecule has 0 amide bonds. The van der Waals surface area contributed by atoms with Crippen LogP contribution in [0.25, 0.3) is 0 Å². The van der Waals surface area contributed by atoms with Gasteiger partial charge in [-0.2, -0.15) is 0 Å². The maximum atomic E-state index is 10.8. The maximum Gasteiger partial charge on any atom is 0.324 e. The van der Waals surface area contributed by atoms with Crippen LogP contribution in [-0.4, -0.2) is 36.0 Å². The summed E-state index contributed by atoms with van der Waals surface area (Å²) in [7, 11) is 0. The van der Waals surface area contributed by atoms with Crippen molar-refractivity contribution in [2.24, 2.45) is 5.92 Å². The molecule has 3 rings (SSSR count). The third-order valence-electron chi connectivity index (χ3n) is 3.74. The molecule has 1 atom stereocenters. The van der Waals surface area contributed by atoms with E-state index in [9.17, 15) is 10.1 Å². The Bertz CT molecular complexity index is 448. The Balaban J connectivity index is 0.000001000. The van der Waals surface area contributed by atoms with Gasteiger partial charge in [-0.25, -0.2) is 0 Å². The molecule has 1 aliphatic carbocycles. The van der Waals surface area contributed by atoms with Gasteiger partial charge >= 0.3 is 5.00 Å². The van der Waals surface area contributed by atoms with Crippen molar-refractivity contribution in [1.82, 2.24) is 10.2 Å². The van der Waals surface area contributed by atoms with Gasteiger partial charge in [-0.15, -0.1) is 24.8 Å². The van der Waals surface area contributed by atoms with E-state index in [1.54, 1.807) is 6.07 Å². The van der Waals surface area contributed by atoms with Crippen LogP contribution in [0.2, 0.25) is 0 Å². The predicted octanol–water partition coefficient (Wildman–Crippen LogP) is 2.86. The lowest BCUT2D eigenvalue weighted by Crippen LogP contribution is -2.45. The highest BCUT2D eigenvalue weighted by Crippen LogP contribution is 2.46. The van der Waals surface area contributed by atoms with Crippen LogP contribution in [0.1, 0.15) is 24.4 Å². The Hall–Kier alpha value is -0.400. The van der Waals surface area contributed by atoms with Gasteiger partial charge in [0.25, 0.3) is 0 Å². The van der Waals surface area contributed by atoms with Crippen molar-refractivity contribution in [1.29, 1.82) is 0 Å². The van der Waals surface area contributed by atoms with Crippen LogP contribution in [-0.2, 0) is 0 Å². The van der Waals surface area contributed by atoms with E-state index in [2.05, 4.69) is 10.2 Å². The molecule has 0 radical (unpaired) electrons. The van der Waals surface area contributed by atoms with E-state index in [-0.39, 0.29) is 34.7 Å². The SMILES string of the molecule is Cl.Cl.O=[N+]([O-])c1cc([C@H](C2CC2)N2CCNCC2)cs1. The second-order valence-corrected chi connectivity index (χ2v) is 5.93. The standard InChI is InChI=1S/C12H17N3O2S.2ClH/c16-15(17)11-7-10(8-18-11)12(9-1-2-9)14-5-3-13-4-6-14;;/h7-9,12-13H,1-6H2;2*1H/t12-;;/m0../s1. The summed E-state index contributed by atoms with van der Waals surface area (Å²) in [4.78, 5) is 13.0. The minimum atomic E-state index is -0.282. The molecule has 1 N–H and O–H groups in total. The van der Waals surface area contributed by atoms with Gasteiger partial charge in [-0.05, 0) is 24.3 Å². The smallest absolute Gasteiger partial charge is 0.314 e. The Morgan fingerprint density at radius 3 is 2.50 bits per heavy atom. The fourth-order valence-electron chi connectivity index (χ4n) is 2.74. The number of hydrogen-bond donors (Lipinski definition) is 1. The quantitative estimate of drug-likeness (QED) is 0.676. The van der Waals surface area contributed by atoms with Gasteiger partial charge in [0.1, 0.15) is 0 Å². The molecule has 2 aliphatic rings. The lowest BCUT2D eigenvalue weighted by atomic mass is 10.0. The molecule has 1 aromatic heterocycles. The molecule has 2 heterocycles. The molecule has 114 valence electrons. The minimum absolute atomic E-state index is 0. The molecule has 0 bridgehead atoms. The molecule has 20 heavy (non-hydrogen) atoms. The Morgan fingerprint density at radius 1 is 1.35 bits per heavy atom. The average molecular weight is 340 g/mol. The Kier molecular flexibility index (Phi) is 6.68. The summed E-state index contributed by atoms with van der Waals surface area (Å²) in [5, 5.41) is 16.4. The first-order chi connectivity index (χ1) is 8.75. The first-order valence-electron chi connectivity index (χ1n) is 6.43. The fourth-order valence-corrected chi connectivity index (χ4v) is 3.50. The van der Waals surface area contributed by atoms with Crippen molar-refractivity contribution in [2.45, 2.75) is 18.9 Å². The Morgan fingerprint density at radius 2 is 2.00 bits per heavy atom. The van der Waals surface area contributed by atoms with Crippen molar-refractivity contribution in [3.8, 4) is 0 Å². The molecule has 0 aromatic carbocycles. The molecular weight excluding hydrogens is 321 g/mol. The minimum Gasteiger partial charge on any atom is -0.314 e. The van der Waals surface area contributed by atoms with Crippen molar-refractivity contribution < 1.29 is 4.92 Å². The van der Waals surface area contributed by atoms with Gasteiger partial charge in [-0.1, -0.05) is 11.3 Å². The van der Waals surface area contributed by atoms with Gasteiger partial charge in [-0.3, -0.25) is 15.0 Å². The second kappa shape index (κ2) is 7.56. The van der Waals surface area contributed by atoms with E-state index in [1.165, 1.54) is 24.2 Å². The largest absolute Gasteiger partial charge is 0.324 e.